The lowest BCUT2D eigenvalue weighted by atomic mass is 10.2. The molecular weight excluding hydrogens is 317 g/mol. The lowest BCUT2D eigenvalue weighted by Crippen LogP contribution is -2.02. The molecule has 3 aromatic rings. The lowest BCUT2D eigenvalue weighted by Gasteiger charge is -2.11. The van der Waals surface area contributed by atoms with E-state index in [2.05, 4.69) is 4.98 Å². The van der Waals surface area contributed by atoms with Crippen LogP contribution in [0.4, 0.5) is 8.78 Å². The number of aromatic nitrogens is 2. The molecule has 1 atom stereocenters. The summed E-state index contributed by atoms with van der Waals surface area (Å²) in [4.78, 5) is 4.33. The molecule has 3 rings (SSSR count). The summed E-state index contributed by atoms with van der Waals surface area (Å²) >= 11 is 12.1. The second-order valence-electron chi connectivity index (χ2n) is 4.68. The van der Waals surface area contributed by atoms with Crippen LogP contribution in [0.3, 0.4) is 0 Å². The summed E-state index contributed by atoms with van der Waals surface area (Å²) in [6.45, 7) is 1.75. The fraction of sp³-hybridized carbons (Fsp3) is 0.133. The Morgan fingerprint density at radius 2 is 1.86 bits per heavy atom. The number of nitrogens with zero attached hydrogens (tertiary/aromatic N) is 2. The summed E-state index contributed by atoms with van der Waals surface area (Å²) in [7, 11) is 0. The van der Waals surface area contributed by atoms with Crippen molar-refractivity contribution in [3.63, 3.8) is 0 Å². The Kier molecular flexibility index (Phi) is 3.59. The minimum Gasteiger partial charge on any atom is -0.295 e. The standard InChI is InChI=1S/C15H10Cl2F2N2/c1-8(16)15-20-13-7-10(18)2-3-14(13)21(15)12-5-9(17)4-11(19)6-12/h2-8H,1H3. The first-order chi connectivity index (χ1) is 9.95. The molecule has 0 spiro atoms. The van der Waals surface area contributed by atoms with Crippen molar-refractivity contribution in [2.75, 3.05) is 0 Å². The van der Waals surface area contributed by atoms with Gasteiger partial charge in [-0.05, 0) is 37.3 Å². The van der Waals surface area contributed by atoms with Gasteiger partial charge in [0.1, 0.15) is 17.5 Å². The highest BCUT2D eigenvalue weighted by Gasteiger charge is 2.17. The summed E-state index contributed by atoms with van der Waals surface area (Å²) in [5.74, 6) is -0.355. The number of hydrogen-bond acceptors (Lipinski definition) is 1. The molecular formula is C15H10Cl2F2N2. The molecule has 1 unspecified atom stereocenters. The van der Waals surface area contributed by atoms with Crippen molar-refractivity contribution < 1.29 is 8.78 Å². The minimum atomic E-state index is -0.463. The highest BCUT2D eigenvalue weighted by molar-refractivity contribution is 6.30. The Labute approximate surface area is 129 Å². The molecule has 21 heavy (non-hydrogen) atoms. The average Bonchev–Trinajstić information content (AvgIpc) is 2.76. The van der Waals surface area contributed by atoms with E-state index in [-0.39, 0.29) is 5.02 Å². The van der Waals surface area contributed by atoms with Gasteiger partial charge in [-0.2, -0.15) is 0 Å². The molecule has 2 aromatic carbocycles. The maximum atomic E-state index is 13.6. The molecule has 0 fully saturated rings. The van der Waals surface area contributed by atoms with Crippen LogP contribution in [0.15, 0.2) is 36.4 Å². The van der Waals surface area contributed by atoms with Gasteiger partial charge in [-0.15, -0.1) is 11.6 Å². The Hall–Kier alpha value is -1.65. The van der Waals surface area contributed by atoms with Crippen molar-refractivity contribution in [2.24, 2.45) is 0 Å². The minimum absolute atomic E-state index is 0.266. The van der Waals surface area contributed by atoms with E-state index >= 15 is 0 Å². The largest absolute Gasteiger partial charge is 0.295 e. The van der Waals surface area contributed by atoms with Gasteiger partial charge < -0.3 is 0 Å². The molecule has 2 nitrogen and oxygen atoms in total. The number of hydrogen-bond donors (Lipinski definition) is 0. The zero-order valence-electron chi connectivity index (χ0n) is 10.9. The molecule has 6 heteroatoms. The van der Waals surface area contributed by atoms with Gasteiger partial charge in [0.05, 0.1) is 22.1 Å². The molecule has 108 valence electrons. The van der Waals surface area contributed by atoms with E-state index < -0.39 is 17.0 Å². The predicted molar refractivity (Wildman–Crippen MR) is 80.3 cm³/mol. The molecule has 1 aromatic heterocycles. The van der Waals surface area contributed by atoms with Crippen LogP contribution >= 0.6 is 23.2 Å². The molecule has 0 bridgehead atoms. The molecule has 0 aliphatic rings. The van der Waals surface area contributed by atoms with Crippen molar-refractivity contribution in [1.82, 2.24) is 9.55 Å². The van der Waals surface area contributed by atoms with Crippen LogP contribution in [0, 0.1) is 11.6 Å². The van der Waals surface area contributed by atoms with Crippen LogP contribution in [0.1, 0.15) is 18.1 Å². The normalized spacial score (nSPS) is 12.8. The number of fused-ring (bicyclic) bond motifs is 1. The van der Waals surface area contributed by atoms with Crippen LogP contribution in [0.25, 0.3) is 16.7 Å². The quantitative estimate of drug-likeness (QED) is 0.587. The third-order valence-corrected chi connectivity index (χ3v) is 3.52. The Bertz CT molecular complexity index is 808. The van der Waals surface area contributed by atoms with E-state index in [9.17, 15) is 8.78 Å². The predicted octanol–water partition coefficient (Wildman–Crippen LogP) is 5.26. The second-order valence-corrected chi connectivity index (χ2v) is 5.77. The van der Waals surface area contributed by atoms with Crippen LogP contribution < -0.4 is 0 Å². The van der Waals surface area contributed by atoms with Gasteiger partial charge in [0.25, 0.3) is 0 Å². The fourth-order valence-electron chi connectivity index (χ4n) is 2.28. The second kappa shape index (κ2) is 5.28. The van der Waals surface area contributed by atoms with Crippen LogP contribution in [-0.2, 0) is 0 Å². The van der Waals surface area contributed by atoms with Crippen molar-refractivity contribution in [3.8, 4) is 5.69 Å². The van der Waals surface area contributed by atoms with E-state index in [1.54, 1.807) is 23.6 Å². The van der Waals surface area contributed by atoms with Crippen molar-refractivity contribution in [3.05, 3.63) is 58.9 Å². The van der Waals surface area contributed by atoms with Crippen molar-refractivity contribution in [2.45, 2.75) is 12.3 Å². The van der Waals surface area contributed by atoms with Crippen LogP contribution in [0.5, 0.6) is 0 Å². The van der Waals surface area contributed by atoms with Crippen molar-refractivity contribution >= 4 is 34.2 Å². The molecule has 0 radical (unpaired) electrons. The van der Waals surface area contributed by atoms with Gasteiger partial charge >= 0.3 is 0 Å². The zero-order valence-corrected chi connectivity index (χ0v) is 12.5. The molecule has 1 heterocycles. The molecule has 0 saturated carbocycles. The summed E-state index contributed by atoms with van der Waals surface area (Å²) in [6.07, 6.45) is 0. The number of alkyl halides is 1. The highest BCUT2D eigenvalue weighted by Crippen LogP contribution is 2.30. The maximum absolute atomic E-state index is 13.6. The lowest BCUT2D eigenvalue weighted by molar-refractivity contribution is 0.626. The number of benzene rings is 2. The van der Waals surface area contributed by atoms with Gasteiger partial charge in [-0.3, -0.25) is 4.57 Å². The van der Waals surface area contributed by atoms with Gasteiger partial charge in [0.2, 0.25) is 0 Å². The summed E-state index contributed by atoms with van der Waals surface area (Å²) < 4.78 is 28.6. The molecule has 0 aliphatic carbocycles. The third-order valence-electron chi connectivity index (χ3n) is 3.10. The van der Waals surface area contributed by atoms with E-state index in [0.29, 0.717) is 22.5 Å². The Morgan fingerprint density at radius 1 is 1.10 bits per heavy atom. The van der Waals surface area contributed by atoms with Crippen molar-refractivity contribution in [1.29, 1.82) is 0 Å². The average molecular weight is 327 g/mol. The molecule has 0 saturated heterocycles. The van der Waals surface area contributed by atoms with E-state index in [0.717, 1.165) is 0 Å². The zero-order chi connectivity index (χ0) is 15.1. The fourth-order valence-corrected chi connectivity index (χ4v) is 2.64. The van der Waals surface area contributed by atoms with E-state index in [1.165, 1.54) is 24.3 Å². The molecule has 0 aliphatic heterocycles. The SMILES string of the molecule is CC(Cl)c1nc2cc(F)ccc2n1-c1cc(F)cc(Cl)c1. The smallest absolute Gasteiger partial charge is 0.132 e. The number of halogens is 4. The first-order valence-electron chi connectivity index (χ1n) is 6.24. The van der Waals surface area contributed by atoms with Crippen LogP contribution in [0.2, 0.25) is 5.02 Å². The van der Waals surface area contributed by atoms with Gasteiger partial charge in [-0.25, -0.2) is 13.8 Å². The molecule has 0 amide bonds. The van der Waals surface area contributed by atoms with Gasteiger partial charge in [0.15, 0.2) is 0 Å². The first-order valence-corrected chi connectivity index (χ1v) is 7.05. The third kappa shape index (κ3) is 2.61. The first kappa shape index (κ1) is 14.3. The highest BCUT2D eigenvalue weighted by atomic mass is 35.5. The molecule has 0 N–H and O–H groups in total. The summed E-state index contributed by atoms with van der Waals surface area (Å²) in [5.41, 5.74) is 1.59. The summed E-state index contributed by atoms with van der Waals surface area (Å²) in [5, 5.41) is -0.162. The monoisotopic (exact) mass is 326 g/mol. The maximum Gasteiger partial charge on any atom is 0.132 e. The van der Waals surface area contributed by atoms with Gasteiger partial charge in [0, 0.05) is 11.1 Å². The summed E-state index contributed by atoms with van der Waals surface area (Å²) in [6, 6.07) is 8.38. The van der Waals surface area contributed by atoms with E-state index in [4.69, 9.17) is 23.2 Å². The Morgan fingerprint density at radius 3 is 2.52 bits per heavy atom. The Balaban J connectivity index is 2.36. The van der Waals surface area contributed by atoms with E-state index in [1.807, 2.05) is 0 Å². The van der Waals surface area contributed by atoms with Crippen LogP contribution in [-0.4, -0.2) is 9.55 Å². The van der Waals surface area contributed by atoms with Gasteiger partial charge in [-0.1, -0.05) is 11.6 Å². The number of rotatable bonds is 2. The number of imidazole rings is 1. The topological polar surface area (TPSA) is 17.8 Å².